The van der Waals surface area contributed by atoms with Gasteiger partial charge in [-0.2, -0.15) is 0 Å². The van der Waals surface area contributed by atoms with E-state index in [-0.39, 0.29) is 11.4 Å². The number of nitro benzene ring substituents is 2. The number of hydrogen-bond donors (Lipinski definition) is 0. The summed E-state index contributed by atoms with van der Waals surface area (Å²) in [6.45, 7) is 2.43. The third-order valence-corrected chi connectivity index (χ3v) is 2.80. The Kier molecular flexibility index (Phi) is 3.28. The number of non-ortho nitro benzene ring substituents is 1. The van der Waals surface area contributed by atoms with Crippen LogP contribution >= 0.6 is 0 Å². The Hall–Kier alpha value is -2.70. The summed E-state index contributed by atoms with van der Waals surface area (Å²) >= 11 is 0. The molecule has 0 aromatic heterocycles. The van der Waals surface area contributed by atoms with Crippen LogP contribution in [0.25, 0.3) is 0 Å². The Morgan fingerprint density at radius 1 is 1.21 bits per heavy atom. The van der Waals surface area contributed by atoms with Crippen molar-refractivity contribution in [3.8, 4) is 0 Å². The maximum absolute atomic E-state index is 11.0. The highest BCUT2D eigenvalue weighted by Gasteiger charge is 2.22. The van der Waals surface area contributed by atoms with Crippen molar-refractivity contribution in [2.75, 3.05) is 11.4 Å². The van der Waals surface area contributed by atoms with E-state index in [0.29, 0.717) is 12.2 Å². The molecule has 0 atom stereocenters. The standard InChI is InChI=1S/C12H11N3O4/c1-9-4-6-13(7-5-9)11-3-2-10(14(16)17)8-12(11)15(18)19/h2-6,8H,7H2,1H3. The second-order valence-corrected chi connectivity index (χ2v) is 4.10. The minimum absolute atomic E-state index is 0.271. The van der Waals surface area contributed by atoms with E-state index in [1.165, 1.54) is 12.1 Å². The lowest BCUT2D eigenvalue weighted by Gasteiger charge is -2.21. The van der Waals surface area contributed by atoms with Crippen molar-refractivity contribution >= 4 is 17.1 Å². The van der Waals surface area contributed by atoms with Crippen LogP contribution in [0.1, 0.15) is 6.92 Å². The highest BCUT2D eigenvalue weighted by Crippen LogP contribution is 2.33. The molecule has 7 heteroatoms. The van der Waals surface area contributed by atoms with E-state index in [2.05, 4.69) is 0 Å². The summed E-state index contributed by atoms with van der Waals surface area (Å²) in [6.07, 6.45) is 5.48. The predicted octanol–water partition coefficient (Wildman–Crippen LogP) is 2.78. The fourth-order valence-corrected chi connectivity index (χ4v) is 1.77. The van der Waals surface area contributed by atoms with Gasteiger partial charge < -0.3 is 4.90 Å². The van der Waals surface area contributed by atoms with Crippen molar-refractivity contribution in [3.05, 3.63) is 62.4 Å². The summed E-state index contributed by atoms with van der Waals surface area (Å²) in [7, 11) is 0. The summed E-state index contributed by atoms with van der Waals surface area (Å²) < 4.78 is 0. The van der Waals surface area contributed by atoms with Crippen LogP contribution < -0.4 is 4.90 Å². The monoisotopic (exact) mass is 261 g/mol. The smallest absolute Gasteiger partial charge is 0.299 e. The minimum Gasteiger partial charge on any atom is -0.339 e. The maximum Gasteiger partial charge on any atom is 0.299 e. The van der Waals surface area contributed by atoms with Gasteiger partial charge >= 0.3 is 0 Å². The van der Waals surface area contributed by atoms with Gasteiger partial charge in [0.2, 0.25) is 0 Å². The molecule has 19 heavy (non-hydrogen) atoms. The van der Waals surface area contributed by atoms with Gasteiger partial charge in [-0.15, -0.1) is 0 Å². The van der Waals surface area contributed by atoms with Crippen LogP contribution in [0.3, 0.4) is 0 Å². The largest absolute Gasteiger partial charge is 0.339 e. The summed E-state index contributed by atoms with van der Waals surface area (Å²) in [5.41, 5.74) is 0.853. The Morgan fingerprint density at radius 2 is 1.95 bits per heavy atom. The molecular formula is C12H11N3O4. The lowest BCUT2D eigenvalue weighted by molar-refractivity contribution is -0.393. The van der Waals surface area contributed by atoms with Crippen LogP contribution in [0, 0.1) is 20.2 Å². The number of nitrogens with zero attached hydrogens (tertiary/aromatic N) is 3. The summed E-state index contributed by atoms with van der Waals surface area (Å²) in [6, 6.07) is 3.64. The van der Waals surface area contributed by atoms with Gasteiger partial charge in [0.05, 0.1) is 15.9 Å². The van der Waals surface area contributed by atoms with Crippen LogP contribution in [0.5, 0.6) is 0 Å². The van der Waals surface area contributed by atoms with Gasteiger partial charge in [-0.3, -0.25) is 20.2 Å². The zero-order valence-corrected chi connectivity index (χ0v) is 10.1. The van der Waals surface area contributed by atoms with E-state index in [0.717, 1.165) is 11.6 Å². The fourth-order valence-electron chi connectivity index (χ4n) is 1.77. The summed E-state index contributed by atoms with van der Waals surface area (Å²) in [4.78, 5) is 22.1. The van der Waals surface area contributed by atoms with E-state index in [4.69, 9.17) is 0 Å². The van der Waals surface area contributed by atoms with Crippen molar-refractivity contribution in [1.82, 2.24) is 0 Å². The molecule has 0 saturated heterocycles. The van der Waals surface area contributed by atoms with Gasteiger partial charge in [-0.1, -0.05) is 11.6 Å². The molecule has 0 aliphatic carbocycles. The minimum atomic E-state index is -0.646. The van der Waals surface area contributed by atoms with Crippen molar-refractivity contribution in [2.45, 2.75) is 6.92 Å². The molecule has 0 N–H and O–H groups in total. The molecule has 1 aliphatic rings. The van der Waals surface area contributed by atoms with Gasteiger partial charge in [0, 0.05) is 18.8 Å². The molecule has 0 fully saturated rings. The van der Waals surface area contributed by atoms with E-state index in [1.54, 1.807) is 11.1 Å². The van der Waals surface area contributed by atoms with E-state index >= 15 is 0 Å². The van der Waals surface area contributed by atoms with Gasteiger partial charge in [0.15, 0.2) is 0 Å². The van der Waals surface area contributed by atoms with Gasteiger partial charge in [0.25, 0.3) is 11.4 Å². The fraction of sp³-hybridized carbons (Fsp3) is 0.167. The lowest BCUT2D eigenvalue weighted by Crippen LogP contribution is -2.19. The normalized spacial score (nSPS) is 14.2. The van der Waals surface area contributed by atoms with Crippen LogP contribution in [0.15, 0.2) is 42.1 Å². The molecule has 0 spiro atoms. The molecule has 0 bridgehead atoms. The molecule has 1 aliphatic heterocycles. The molecule has 1 aromatic carbocycles. The first-order chi connectivity index (χ1) is 8.99. The first kappa shape index (κ1) is 12.7. The Labute approximate surface area is 108 Å². The molecular weight excluding hydrogens is 250 g/mol. The third kappa shape index (κ3) is 2.59. The molecule has 0 saturated carbocycles. The predicted molar refractivity (Wildman–Crippen MR) is 70.0 cm³/mol. The first-order valence-electron chi connectivity index (χ1n) is 5.53. The number of allylic oxidation sites excluding steroid dienone is 2. The number of nitro groups is 2. The average molecular weight is 261 g/mol. The second-order valence-electron chi connectivity index (χ2n) is 4.10. The van der Waals surface area contributed by atoms with Crippen molar-refractivity contribution in [3.63, 3.8) is 0 Å². The molecule has 7 nitrogen and oxygen atoms in total. The van der Waals surface area contributed by atoms with Crippen molar-refractivity contribution in [2.24, 2.45) is 0 Å². The number of rotatable bonds is 3. The Balaban J connectivity index is 2.43. The highest BCUT2D eigenvalue weighted by atomic mass is 16.6. The van der Waals surface area contributed by atoms with Crippen LogP contribution in [-0.2, 0) is 0 Å². The van der Waals surface area contributed by atoms with Crippen LogP contribution in [-0.4, -0.2) is 16.4 Å². The Morgan fingerprint density at radius 3 is 2.47 bits per heavy atom. The van der Waals surface area contributed by atoms with Gasteiger partial charge in [0.1, 0.15) is 5.69 Å². The quantitative estimate of drug-likeness (QED) is 0.616. The van der Waals surface area contributed by atoms with Gasteiger partial charge in [-0.05, 0) is 19.1 Å². The topological polar surface area (TPSA) is 89.5 Å². The van der Waals surface area contributed by atoms with E-state index in [1.807, 2.05) is 19.1 Å². The average Bonchev–Trinajstić information content (AvgIpc) is 2.38. The van der Waals surface area contributed by atoms with E-state index in [9.17, 15) is 20.2 Å². The van der Waals surface area contributed by atoms with Crippen molar-refractivity contribution < 1.29 is 9.85 Å². The van der Waals surface area contributed by atoms with E-state index < -0.39 is 9.85 Å². The third-order valence-electron chi connectivity index (χ3n) is 2.80. The first-order valence-corrected chi connectivity index (χ1v) is 5.53. The zero-order valence-electron chi connectivity index (χ0n) is 10.1. The van der Waals surface area contributed by atoms with Crippen LogP contribution in [0.4, 0.5) is 17.1 Å². The van der Waals surface area contributed by atoms with Crippen LogP contribution in [0.2, 0.25) is 0 Å². The highest BCUT2D eigenvalue weighted by molar-refractivity contribution is 5.69. The number of hydrogen-bond acceptors (Lipinski definition) is 5. The molecule has 2 rings (SSSR count). The number of benzene rings is 1. The maximum atomic E-state index is 11.0. The molecule has 98 valence electrons. The molecule has 1 heterocycles. The molecule has 0 radical (unpaired) electrons. The summed E-state index contributed by atoms with van der Waals surface area (Å²) in [5, 5.41) is 21.7. The lowest BCUT2D eigenvalue weighted by atomic mass is 10.1. The second kappa shape index (κ2) is 4.89. The molecule has 1 aromatic rings. The zero-order chi connectivity index (χ0) is 14.0. The summed E-state index contributed by atoms with van der Waals surface area (Å²) in [5.74, 6) is 0. The number of anilines is 1. The van der Waals surface area contributed by atoms with Crippen molar-refractivity contribution in [1.29, 1.82) is 0 Å². The Bertz CT molecular complexity index is 607. The molecule has 0 amide bonds. The SMILES string of the molecule is CC1=CCN(c2ccc([N+](=O)[O-])cc2[N+](=O)[O-])C=C1. The molecule has 0 unspecified atom stereocenters. The van der Waals surface area contributed by atoms with Gasteiger partial charge in [-0.25, -0.2) is 0 Å².